The van der Waals surface area contributed by atoms with Crippen molar-refractivity contribution < 1.29 is 20.1 Å². The summed E-state index contributed by atoms with van der Waals surface area (Å²) in [5, 5.41) is 28.1. The van der Waals surface area contributed by atoms with Crippen LogP contribution in [0.2, 0.25) is 0 Å². The lowest BCUT2D eigenvalue weighted by Crippen LogP contribution is -2.36. The smallest absolute Gasteiger partial charge is 0.354 e. The molecule has 0 amide bonds. The molecule has 9 nitrogen and oxygen atoms in total. The Hall–Kier alpha value is -1.55. The number of nitrogen functional groups attached to an aromatic ring is 1. The molecule has 0 aromatic carbocycles. The number of aromatic nitrogens is 3. The summed E-state index contributed by atoms with van der Waals surface area (Å²) in [6.45, 7) is -0.473. The van der Waals surface area contributed by atoms with Crippen LogP contribution in [0.1, 0.15) is 6.23 Å². The molecule has 0 aliphatic carbocycles. The number of nitrogens with zero attached hydrogens (tertiary/aromatic N) is 3. The summed E-state index contributed by atoms with van der Waals surface area (Å²) >= 11 is 0. The topological polar surface area (TPSA) is 144 Å². The number of hydrogen-bond donors (Lipinski definition) is 4. The second-order valence-electron chi connectivity index (χ2n) is 3.63. The van der Waals surface area contributed by atoms with Crippen molar-refractivity contribution in [2.75, 3.05) is 12.3 Å². The SMILES string of the molecule is Nc1ncn([C@H]2O[C@H](CO)[C@H](O)C2O)c(=O)n1. The van der Waals surface area contributed by atoms with Crippen LogP contribution in [0.15, 0.2) is 11.1 Å². The Morgan fingerprint density at radius 2 is 2.18 bits per heavy atom. The van der Waals surface area contributed by atoms with Crippen LogP contribution in [0.3, 0.4) is 0 Å². The van der Waals surface area contributed by atoms with Crippen molar-refractivity contribution in [2.24, 2.45) is 0 Å². The fraction of sp³-hybridized carbons (Fsp3) is 0.625. The number of nitrogens with two attached hydrogens (primary N) is 1. The standard InChI is InChI=1S/C8H12N4O5/c9-7-10-2-12(8(16)11-7)6-5(15)4(14)3(1-13)17-6/h2-6,13-15H,1H2,(H2,9,11,16)/t3-,4+,5?,6+/m1/s1. The second kappa shape index (κ2) is 4.37. The summed E-state index contributed by atoms with van der Waals surface area (Å²) in [7, 11) is 0. The molecule has 1 saturated heterocycles. The van der Waals surface area contributed by atoms with E-state index in [1.807, 2.05) is 0 Å². The fourth-order valence-corrected chi connectivity index (χ4v) is 1.64. The number of hydrogen-bond acceptors (Lipinski definition) is 8. The third kappa shape index (κ3) is 2.00. The molecule has 0 radical (unpaired) electrons. The van der Waals surface area contributed by atoms with Crippen LogP contribution in [0.4, 0.5) is 5.95 Å². The first kappa shape index (κ1) is 11.9. The van der Waals surface area contributed by atoms with Gasteiger partial charge in [0.05, 0.1) is 6.61 Å². The van der Waals surface area contributed by atoms with Crippen LogP contribution < -0.4 is 11.4 Å². The van der Waals surface area contributed by atoms with Crippen LogP contribution in [0.5, 0.6) is 0 Å². The van der Waals surface area contributed by atoms with E-state index in [2.05, 4.69) is 9.97 Å². The van der Waals surface area contributed by atoms with Gasteiger partial charge >= 0.3 is 5.69 Å². The Kier molecular flexibility index (Phi) is 3.07. The molecule has 0 spiro atoms. The van der Waals surface area contributed by atoms with Gasteiger partial charge in [-0.2, -0.15) is 4.98 Å². The quantitative estimate of drug-likeness (QED) is 0.426. The zero-order valence-corrected chi connectivity index (χ0v) is 8.67. The van der Waals surface area contributed by atoms with Gasteiger partial charge in [0.15, 0.2) is 6.23 Å². The lowest BCUT2D eigenvalue weighted by atomic mass is 10.1. The van der Waals surface area contributed by atoms with Gasteiger partial charge in [0, 0.05) is 0 Å². The average Bonchev–Trinajstić information content (AvgIpc) is 2.57. The van der Waals surface area contributed by atoms with Crippen LogP contribution in [-0.2, 0) is 4.74 Å². The molecule has 1 aliphatic rings. The highest BCUT2D eigenvalue weighted by molar-refractivity contribution is 5.10. The van der Waals surface area contributed by atoms with Crippen LogP contribution in [-0.4, -0.2) is 54.8 Å². The van der Waals surface area contributed by atoms with E-state index in [-0.39, 0.29) is 5.95 Å². The third-order valence-electron chi connectivity index (χ3n) is 2.54. The molecule has 5 N–H and O–H groups in total. The molecule has 9 heteroatoms. The van der Waals surface area contributed by atoms with Gasteiger partial charge in [-0.3, -0.25) is 4.57 Å². The van der Waals surface area contributed by atoms with Crippen LogP contribution in [0, 0.1) is 0 Å². The molecule has 17 heavy (non-hydrogen) atoms. The zero-order chi connectivity index (χ0) is 12.6. The molecular weight excluding hydrogens is 232 g/mol. The molecular formula is C8H12N4O5. The average molecular weight is 244 g/mol. The predicted octanol–water partition coefficient (Wildman–Crippen LogP) is -3.17. The first-order chi connectivity index (χ1) is 8.04. The number of ether oxygens (including phenoxy) is 1. The van der Waals surface area contributed by atoms with E-state index in [0.29, 0.717) is 0 Å². The molecule has 94 valence electrons. The van der Waals surface area contributed by atoms with Gasteiger partial charge in [-0.1, -0.05) is 0 Å². The van der Waals surface area contributed by atoms with Crippen molar-refractivity contribution >= 4 is 5.95 Å². The summed E-state index contributed by atoms with van der Waals surface area (Å²) in [5.41, 5.74) is 4.46. The molecule has 1 aromatic heterocycles. The van der Waals surface area contributed by atoms with Gasteiger partial charge in [0.2, 0.25) is 5.95 Å². The Morgan fingerprint density at radius 1 is 1.47 bits per heavy atom. The van der Waals surface area contributed by atoms with E-state index in [4.69, 9.17) is 15.6 Å². The highest BCUT2D eigenvalue weighted by atomic mass is 16.6. The van der Waals surface area contributed by atoms with Crippen molar-refractivity contribution in [3.05, 3.63) is 16.8 Å². The Balaban J connectivity index is 2.32. The van der Waals surface area contributed by atoms with Gasteiger partial charge < -0.3 is 25.8 Å². The van der Waals surface area contributed by atoms with Gasteiger partial charge in [0.25, 0.3) is 0 Å². The number of rotatable bonds is 2. The molecule has 0 bridgehead atoms. The van der Waals surface area contributed by atoms with Crippen LogP contribution >= 0.6 is 0 Å². The number of aliphatic hydroxyl groups excluding tert-OH is 3. The summed E-state index contributed by atoms with van der Waals surface area (Å²) in [4.78, 5) is 18.4. The highest BCUT2D eigenvalue weighted by Crippen LogP contribution is 2.27. The third-order valence-corrected chi connectivity index (χ3v) is 2.54. The molecule has 1 aromatic rings. The van der Waals surface area contributed by atoms with Crippen molar-refractivity contribution in [1.29, 1.82) is 0 Å². The number of aliphatic hydroxyl groups is 3. The van der Waals surface area contributed by atoms with Crippen molar-refractivity contribution in [3.63, 3.8) is 0 Å². The fourth-order valence-electron chi connectivity index (χ4n) is 1.64. The van der Waals surface area contributed by atoms with Gasteiger partial charge in [-0.25, -0.2) is 9.78 Å². The maximum absolute atomic E-state index is 11.5. The van der Waals surface area contributed by atoms with Crippen molar-refractivity contribution in [2.45, 2.75) is 24.5 Å². The lowest BCUT2D eigenvalue weighted by Gasteiger charge is -2.16. The van der Waals surface area contributed by atoms with Gasteiger partial charge in [0.1, 0.15) is 24.6 Å². The predicted molar refractivity (Wildman–Crippen MR) is 53.7 cm³/mol. The molecule has 2 rings (SSSR count). The molecule has 1 aliphatic heterocycles. The van der Waals surface area contributed by atoms with Crippen molar-refractivity contribution in [1.82, 2.24) is 14.5 Å². The van der Waals surface area contributed by atoms with E-state index < -0.39 is 36.8 Å². The van der Waals surface area contributed by atoms with E-state index in [1.54, 1.807) is 0 Å². The first-order valence-corrected chi connectivity index (χ1v) is 4.87. The van der Waals surface area contributed by atoms with Crippen molar-refractivity contribution in [3.8, 4) is 0 Å². The first-order valence-electron chi connectivity index (χ1n) is 4.87. The lowest BCUT2D eigenvalue weighted by molar-refractivity contribution is -0.0554. The summed E-state index contributed by atoms with van der Waals surface area (Å²) in [6.07, 6.45) is -3.67. The Morgan fingerprint density at radius 3 is 2.71 bits per heavy atom. The van der Waals surface area contributed by atoms with E-state index in [9.17, 15) is 15.0 Å². The minimum absolute atomic E-state index is 0.196. The highest BCUT2D eigenvalue weighted by Gasteiger charge is 2.43. The van der Waals surface area contributed by atoms with E-state index >= 15 is 0 Å². The summed E-state index contributed by atoms with van der Waals surface area (Å²) in [5.74, 6) is -0.196. The zero-order valence-electron chi connectivity index (χ0n) is 8.67. The molecule has 0 saturated carbocycles. The summed E-state index contributed by atoms with van der Waals surface area (Å²) in [6, 6.07) is 0. The normalized spacial score (nSPS) is 32.9. The van der Waals surface area contributed by atoms with Gasteiger partial charge in [-0.05, 0) is 0 Å². The molecule has 2 heterocycles. The minimum atomic E-state index is -1.35. The second-order valence-corrected chi connectivity index (χ2v) is 3.63. The molecule has 1 fully saturated rings. The maximum Gasteiger partial charge on any atom is 0.354 e. The molecule has 4 atom stereocenters. The minimum Gasteiger partial charge on any atom is -0.394 e. The Labute approximate surface area is 95.1 Å². The van der Waals surface area contributed by atoms with E-state index in [0.717, 1.165) is 10.9 Å². The number of anilines is 1. The summed E-state index contributed by atoms with van der Waals surface area (Å²) < 4.78 is 6.04. The maximum atomic E-state index is 11.5. The molecule has 1 unspecified atom stereocenters. The monoisotopic (exact) mass is 244 g/mol. The largest absolute Gasteiger partial charge is 0.394 e. The van der Waals surface area contributed by atoms with Gasteiger partial charge in [-0.15, -0.1) is 0 Å². The van der Waals surface area contributed by atoms with Crippen LogP contribution in [0.25, 0.3) is 0 Å². The Bertz CT molecular complexity index is 463. The van der Waals surface area contributed by atoms with E-state index in [1.165, 1.54) is 0 Å².